The third kappa shape index (κ3) is 6.98. The molecule has 0 heterocycles. The first-order valence-corrected chi connectivity index (χ1v) is 9.97. The van der Waals surface area contributed by atoms with Crippen LogP contribution in [0.1, 0.15) is 12.5 Å². The highest BCUT2D eigenvalue weighted by atomic mass is 35.5. The second-order valence-corrected chi connectivity index (χ2v) is 7.51. The number of halogens is 2. The summed E-state index contributed by atoms with van der Waals surface area (Å²) in [5, 5.41) is 4.14. The highest BCUT2D eigenvalue weighted by molar-refractivity contribution is 7.99. The average molecular weight is 414 g/mol. The van der Waals surface area contributed by atoms with Crippen molar-refractivity contribution in [2.75, 3.05) is 19.5 Å². The van der Waals surface area contributed by atoms with Gasteiger partial charge in [-0.15, -0.1) is 11.8 Å². The molecular formula is C19H21Cl2NO3S. The van der Waals surface area contributed by atoms with Crippen molar-refractivity contribution >= 4 is 40.9 Å². The van der Waals surface area contributed by atoms with Gasteiger partial charge in [0.05, 0.1) is 18.9 Å². The van der Waals surface area contributed by atoms with Crippen molar-refractivity contribution in [2.45, 2.75) is 18.7 Å². The van der Waals surface area contributed by atoms with Crippen molar-refractivity contribution in [2.24, 2.45) is 0 Å². The van der Waals surface area contributed by atoms with E-state index in [4.69, 9.17) is 32.7 Å². The zero-order valence-corrected chi connectivity index (χ0v) is 17.0. The molecule has 0 aliphatic carbocycles. The zero-order valence-electron chi connectivity index (χ0n) is 14.6. The molecule has 1 N–H and O–H groups in total. The van der Waals surface area contributed by atoms with Gasteiger partial charge >= 0.3 is 0 Å². The van der Waals surface area contributed by atoms with E-state index in [1.54, 1.807) is 19.2 Å². The Morgan fingerprint density at radius 1 is 1.15 bits per heavy atom. The number of hydrogen-bond donors (Lipinski definition) is 1. The molecular weight excluding hydrogens is 393 g/mol. The van der Waals surface area contributed by atoms with E-state index in [9.17, 15) is 4.79 Å². The van der Waals surface area contributed by atoms with Crippen LogP contribution in [0.3, 0.4) is 0 Å². The molecule has 0 radical (unpaired) electrons. The fourth-order valence-corrected chi connectivity index (χ4v) is 3.54. The molecule has 7 heteroatoms. The molecule has 0 aliphatic heterocycles. The van der Waals surface area contributed by atoms with Gasteiger partial charge in [-0.25, -0.2) is 0 Å². The van der Waals surface area contributed by atoms with Crippen LogP contribution in [0.15, 0.2) is 42.5 Å². The van der Waals surface area contributed by atoms with E-state index in [2.05, 4.69) is 5.32 Å². The topological polar surface area (TPSA) is 47.6 Å². The predicted octanol–water partition coefficient (Wildman–Crippen LogP) is 4.82. The van der Waals surface area contributed by atoms with Crippen molar-refractivity contribution < 1.29 is 14.3 Å². The molecule has 0 unspecified atom stereocenters. The fourth-order valence-electron chi connectivity index (χ4n) is 2.14. The van der Waals surface area contributed by atoms with Crippen molar-refractivity contribution in [1.82, 2.24) is 5.32 Å². The summed E-state index contributed by atoms with van der Waals surface area (Å²) in [6, 6.07) is 12.6. The molecule has 4 nitrogen and oxygen atoms in total. The molecule has 0 fully saturated rings. The standard InChI is InChI=1S/C19H21Cl2NO3S/c1-13(10-25-17-7-5-16(24-2)6-8-17)22-19(23)12-26-11-14-3-4-15(20)9-18(14)21/h3-9,13H,10-12H2,1-2H3,(H,22,23)/t13-/m1/s1. The van der Waals surface area contributed by atoms with E-state index >= 15 is 0 Å². The highest BCUT2D eigenvalue weighted by Crippen LogP contribution is 2.24. The molecule has 0 saturated heterocycles. The van der Waals surface area contributed by atoms with Gasteiger partial charge in [0.25, 0.3) is 0 Å². The number of amides is 1. The minimum Gasteiger partial charge on any atom is -0.497 e. The van der Waals surface area contributed by atoms with Crippen LogP contribution in [0.2, 0.25) is 10.0 Å². The highest BCUT2D eigenvalue weighted by Gasteiger charge is 2.09. The van der Waals surface area contributed by atoms with Gasteiger partial charge in [0, 0.05) is 15.8 Å². The number of carbonyl (C=O) groups excluding carboxylic acids is 1. The summed E-state index contributed by atoms with van der Waals surface area (Å²) in [5.74, 6) is 2.48. The summed E-state index contributed by atoms with van der Waals surface area (Å²) < 4.78 is 10.8. The maximum Gasteiger partial charge on any atom is 0.230 e. The number of methoxy groups -OCH3 is 1. The van der Waals surface area contributed by atoms with E-state index in [1.807, 2.05) is 37.3 Å². The lowest BCUT2D eigenvalue weighted by atomic mass is 10.2. The maximum atomic E-state index is 12.0. The molecule has 0 aliphatic rings. The first kappa shape index (κ1) is 20.7. The van der Waals surface area contributed by atoms with Crippen molar-refractivity contribution in [3.8, 4) is 11.5 Å². The van der Waals surface area contributed by atoms with Gasteiger partial charge in [0.2, 0.25) is 5.91 Å². The monoisotopic (exact) mass is 413 g/mol. The number of hydrogen-bond acceptors (Lipinski definition) is 4. The Bertz CT molecular complexity index is 725. The third-order valence-corrected chi connectivity index (χ3v) is 5.04. The van der Waals surface area contributed by atoms with E-state index in [0.29, 0.717) is 28.2 Å². The van der Waals surface area contributed by atoms with Crippen LogP contribution in [0, 0.1) is 0 Å². The Morgan fingerprint density at radius 3 is 2.50 bits per heavy atom. The summed E-state index contributed by atoms with van der Waals surface area (Å²) >= 11 is 13.5. The lowest BCUT2D eigenvalue weighted by Crippen LogP contribution is -2.37. The van der Waals surface area contributed by atoms with Crippen molar-refractivity contribution in [3.05, 3.63) is 58.1 Å². The van der Waals surface area contributed by atoms with Crippen LogP contribution >= 0.6 is 35.0 Å². The molecule has 140 valence electrons. The molecule has 1 amide bonds. The number of carbonyl (C=O) groups is 1. The Morgan fingerprint density at radius 2 is 1.85 bits per heavy atom. The van der Waals surface area contributed by atoms with Crippen LogP contribution < -0.4 is 14.8 Å². The molecule has 2 aromatic rings. The molecule has 1 atom stereocenters. The normalized spacial score (nSPS) is 11.7. The maximum absolute atomic E-state index is 12.0. The van der Waals surface area contributed by atoms with Gasteiger partial charge < -0.3 is 14.8 Å². The Labute approximate surface area is 168 Å². The first-order valence-electron chi connectivity index (χ1n) is 8.06. The van der Waals surface area contributed by atoms with Crippen LogP contribution in [0.5, 0.6) is 11.5 Å². The Hall–Kier alpha value is -1.56. The number of ether oxygens (including phenoxy) is 2. The quantitative estimate of drug-likeness (QED) is 0.639. The average Bonchev–Trinajstić information content (AvgIpc) is 2.62. The summed E-state index contributed by atoms with van der Waals surface area (Å²) in [7, 11) is 1.62. The SMILES string of the molecule is COc1ccc(OC[C@@H](C)NC(=O)CSCc2ccc(Cl)cc2Cl)cc1. The van der Waals surface area contributed by atoms with Crippen LogP contribution in [0.4, 0.5) is 0 Å². The molecule has 2 aromatic carbocycles. The third-order valence-electron chi connectivity index (χ3n) is 3.47. The lowest BCUT2D eigenvalue weighted by molar-refractivity contribution is -0.119. The minimum absolute atomic E-state index is 0.0362. The van der Waals surface area contributed by atoms with Gasteiger partial charge in [0.1, 0.15) is 18.1 Å². The second kappa shape index (κ2) is 10.6. The summed E-state index contributed by atoms with van der Waals surface area (Å²) in [4.78, 5) is 12.0. The zero-order chi connectivity index (χ0) is 18.9. The Kier molecular flexibility index (Phi) is 8.42. The van der Waals surface area contributed by atoms with Crippen molar-refractivity contribution in [1.29, 1.82) is 0 Å². The van der Waals surface area contributed by atoms with Gasteiger partial charge in [-0.1, -0.05) is 29.3 Å². The Balaban J connectivity index is 1.67. The molecule has 0 aromatic heterocycles. The van der Waals surface area contributed by atoms with Gasteiger partial charge in [-0.05, 0) is 48.9 Å². The second-order valence-electron chi connectivity index (χ2n) is 5.68. The summed E-state index contributed by atoms with van der Waals surface area (Å²) in [5.41, 5.74) is 0.963. The largest absolute Gasteiger partial charge is 0.497 e. The van der Waals surface area contributed by atoms with Gasteiger partial charge in [-0.3, -0.25) is 4.79 Å². The van der Waals surface area contributed by atoms with Gasteiger partial charge in [-0.2, -0.15) is 0 Å². The van der Waals surface area contributed by atoms with Crippen molar-refractivity contribution in [3.63, 3.8) is 0 Å². The lowest BCUT2D eigenvalue weighted by Gasteiger charge is -2.15. The summed E-state index contributed by atoms with van der Waals surface area (Å²) in [6.45, 7) is 2.30. The number of rotatable bonds is 9. The van der Waals surface area contributed by atoms with E-state index < -0.39 is 0 Å². The predicted molar refractivity (Wildman–Crippen MR) is 109 cm³/mol. The number of benzene rings is 2. The molecule has 26 heavy (non-hydrogen) atoms. The van der Waals surface area contributed by atoms with E-state index in [-0.39, 0.29) is 11.9 Å². The fraction of sp³-hybridized carbons (Fsp3) is 0.316. The smallest absolute Gasteiger partial charge is 0.230 e. The molecule has 0 saturated carbocycles. The van der Waals surface area contributed by atoms with E-state index in [0.717, 1.165) is 17.1 Å². The molecule has 0 bridgehead atoms. The summed E-state index contributed by atoms with van der Waals surface area (Å²) in [6.07, 6.45) is 0. The van der Waals surface area contributed by atoms with Crippen LogP contribution in [-0.4, -0.2) is 31.4 Å². The molecule has 0 spiro atoms. The first-order chi connectivity index (χ1) is 12.5. The van der Waals surface area contributed by atoms with E-state index in [1.165, 1.54) is 11.8 Å². The molecule has 2 rings (SSSR count). The van der Waals surface area contributed by atoms with Crippen LogP contribution in [0.25, 0.3) is 0 Å². The minimum atomic E-state index is -0.0932. The van der Waals surface area contributed by atoms with Crippen LogP contribution in [-0.2, 0) is 10.5 Å². The number of nitrogens with one attached hydrogen (secondary N) is 1. The number of thioether (sulfide) groups is 1. The van der Waals surface area contributed by atoms with Gasteiger partial charge in [0.15, 0.2) is 0 Å².